The SMILES string of the molecule is CC(=O)N[C@@H]1[C@@H](O[Si](C)(C)C)[C@H](O[Si](C)(C)C)[C@@H](COC(C)=O)O[C@@H]1O. The summed E-state index contributed by atoms with van der Waals surface area (Å²) in [6.07, 6.45) is -3.16. The van der Waals surface area contributed by atoms with Crippen LogP contribution in [0.25, 0.3) is 0 Å². The number of aliphatic hydroxyl groups is 1. The molecule has 0 spiro atoms. The van der Waals surface area contributed by atoms with E-state index in [1.165, 1.54) is 13.8 Å². The molecule has 0 bridgehead atoms. The second-order valence-electron chi connectivity index (χ2n) is 8.48. The molecule has 1 heterocycles. The van der Waals surface area contributed by atoms with E-state index < -0.39 is 53.2 Å². The number of amides is 1. The molecule has 1 aliphatic heterocycles. The van der Waals surface area contributed by atoms with Gasteiger partial charge in [-0.15, -0.1) is 0 Å². The molecule has 2 N–H and O–H groups in total. The zero-order valence-electron chi connectivity index (χ0n) is 17.0. The number of rotatable bonds is 7. The predicted molar refractivity (Wildman–Crippen MR) is 102 cm³/mol. The molecule has 1 saturated heterocycles. The Bertz CT molecular complexity index is 504. The summed E-state index contributed by atoms with van der Waals surface area (Å²) in [6.45, 7) is 14.8. The highest BCUT2D eigenvalue weighted by Gasteiger charge is 2.50. The van der Waals surface area contributed by atoms with Gasteiger partial charge in [-0.3, -0.25) is 9.59 Å². The van der Waals surface area contributed by atoms with Gasteiger partial charge in [-0.25, -0.2) is 0 Å². The fraction of sp³-hybridized carbons (Fsp3) is 0.875. The monoisotopic (exact) mass is 407 g/mol. The summed E-state index contributed by atoms with van der Waals surface area (Å²) in [7, 11) is -4.08. The Hall–Kier alpha value is -0.786. The highest BCUT2D eigenvalue weighted by Crippen LogP contribution is 2.30. The van der Waals surface area contributed by atoms with Gasteiger partial charge >= 0.3 is 5.97 Å². The van der Waals surface area contributed by atoms with Crippen molar-refractivity contribution in [3.05, 3.63) is 0 Å². The fourth-order valence-electron chi connectivity index (χ4n) is 2.74. The van der Waals surface area contributed by atoms with E-state index in [1.807, 2.05) is 39.3 Å². The zero-order valence-corrected chi connectivity index (χ0v) is 19.0. The Kier molecular flexibility index (Phi) is 7.99. The first kappa shape index (κ1) is 23.3. The van der Waals surface area contributed by atoms with Gasteiger partial charge < -0.3 is 28.7 Å². The molecule has 8 nitrogen and oxygen atoms in total. The van der Waals surface area contributed by atoms with Crippen molar-refractivity contribution in [3.63, 3.8) is 0 Å². The number of aliphatic hydroxyl groups excluding tert-OH is 1. The maximum absolute atomic E-state index is 11.6. The number of nitrogens with one attached hydrogen (secondary N) is 1. The summed E-state index contributed by atoms with van der Waals surface area (Å²) < 4.78 is 23.3. The lowest BCUT2D eigenvalue weighted by Crippen LogP contribution is -2.68. The average molecular weight is 408 g/mol. The van der Waals surface area contributed by atoms with E-state index in [-0.39, 0.29) is 12.5 Å². The standard InChI is InChI=1S/C16H33NO7Si2/c1-10(18)17-13-15(24-26(6,7)8)14(23-25(3,4)5)12(22-16(13)20)9-21-11(2)19/h12-16,20H,9H2,1-8H3,(H,17,18)/t12-,13-,14-,15-,16+/m1/s1. The van der Waals surface area contributed by atoms with E-state index in [1.54, 1.807) is 0 Å². The van der Waals surface area contributed by atoms with Crippen LogP contribution in [-0.4, -0.2) is 70.9 Å². The summed E-state index contributed by atoms with van der Waals surface area (Å²) in [6, 6.07) is -0.769. The first-order valence-corrected chi connectivity index (χ1v) is 15.6. The first-order chi connectivity index (χ1) is 11.7. The lowest BCUT2D eigenvalue weighted by molar-refractivity contribution is -0.249. The number of carbonyl (C=O) groups excluding carboxylic acids is 2. The molecule has 0 aromatic carbocycles. The third-order valence-electron chi connectivity index (χ3n) is 3.47. The molecule has 1 fully saturated rings. The smallest absolute Gasteiger partial charge is 0.302 e. The van der Waals surface area contributed by atoms with Crippen molar-refractivity contribution in [1.29, 1.82) is 0 Å². The van der Waals surface area contributed by atoms with Crippen LogP contribution in [0.15, 0.2) is 0 Å². The Labute approximate surface area is 157 Å². The molecule has 0 aromatic heterocycles. The van der Waals surface area contributed by atoms with Crippen molar-refractivity contribution in [2.75, 3.05) is 6.61 Å². The molecule has 1 rings (SSSR count). The van der Waals surface area contributed by atoms with Crippen LogP contribution in [-0.2, 0) is 27.9 Å². The highest BCUT2D eigenvalue weighted by atomic mass is 28.4. The quantitative estimate of drug-likeness (QED) is 0.483. The van der Waals surface area contributed by atoms with Crippen LogP contribution < -0.4 is 5.32 Å². The second-order valence-corrected chi connectivity index (χ2v) is 17.4. The molecule has 0 unspecified atom stereocenters. The van der Waals surface area contributed by atoms with Crippen LogP contribution in [0.2, 0.25) is 39.3 Å². The summed E-state index contributed by atoms with van der Waals surface area (Å²) in [5.41, 5.74) is 0. The third kappa shape index (κ3) is 7.84. The summed E-state index contributed by atoms with van der Waals surface area (Å²) in [5, 5.41) is 13.2. The van der Waals surface area contributed by atoms with E-state index in [0.717, 1.165) is 0 Å². The first-order valence-electron chi connectivity index (χ1n) is 8.79. The number of esters is 1. The molecule has 152 valence electrons. The maximum atomic E-state index is 11.6. The molecule has 1 amide bonds. The maximum Gasteiger partial charge on any atom is 0.302 e. The Morgan fingerprint density at radius 3 is 1.92 bits per heavy atom. The minimum atomic E-state index is -2.05. The van der Waals surface area contributed by atoms with Crippen LogP contribution in [0.5, 0.6) is 0 Å². The molecule has 0 aliphatic carbocycles. The van der Waals surface area contributed by atoms with E-state index in [4.69, 9.17) is 18.3 Å². The lowest BCUT2D eigenvalue weighted by Gasteiger charge is -2.48. The van der Waals surface area contributed by atoms with Crippen LogP contribution in [0.4, 0.5) is 0 Å². The molecular weight excluding hydrogens is 374 g/mol. The topological polar surface area (TPSA) is 103 Å². The molecule has 5 atom stereocenters. The normalized spacial score (nSPS) is 30.0. The Balaban J connectivity index is 3.22. The molecule has 0 saturated carbocycles. The number of carbonyl (C=O) groups is 2. The highest BCUT2D eigenvalue weighted by molar-refractivity contribution is 6.70. The van der Waals surface area contributed by atoms with Crippen LogP contribution in [0.1, 0.15) is 13.8 Å². The number of ether oxygens (including phenoxy) is 2. The lowest BCUT2D eigenvalue weighted by atomic mass is 9.97. The average Bonchev–Trinajstić information content (AvgIpc) is 2.40. The van der Waals surface area contributed by atoms with Crippen LogP contribution in [0.3, 0.4) is 0 Å². The van der Waals surface area contributed by atoms with Gasteiger partial charge in [0.2, 0.25) is 5.91 Å². The van der Waals surface area contributed by atoms with E-state index in [0.29, 0.717) is 0 Å². The zero-order chi connectivity index (χ0) is 20.3. The molecule has 0 aromatic rings. The summed E-state index contributed by atoms with van der Waals surface area (Å²) in [5.74, 6) is -0.742. The van der Waals surface area contributed by atoms with Crippen molar-refractivity contribution in [2.45, 2.75) is 83.8 Å². The molecule has 1 aliphatic rings. The van der Waals surface area contributed by atoms with Gasteiger partial charge in [-0.05, 0) is 39.3 Å². The van der Waals surface area contributed by atoms with Gasteiger partial charge in [-0.2, -0.15) is 0 Å². The minimum absolute atomic E-state index is 0.0557. The Morgan fingerprint density at radius 2 is 1.50 bits per heavy atom. The van der Waals surface area contributed by atoms with Crippen molar-refractivity contribution in [1.82, 2.24) is 5.32 Å². The third-order valence-corrected chi connectivity index (χ3v) is 5.42. The summed E-state index contributed by atoms with van der Waals surface area (Å²) >= 11 is 0. The summed E-state index contributed by atoms with van der Waals surface area (Å²) in [4.78, 5) is 22.9. The van der Waals surface area contributed by atoms with Gasteiger partial charge in [0.1, 0.15) is 24.9 Å². The van der Waals surface area contributed by atoms with Crippen molar-refractivity contribution >= 4 is 28.5 Å². The fourth-order valence-corrected chi connectivity index (χ4v) is 4.94. The minimum Gasteiger partial charge on any atom is -0.463 e. The van der Waals surface area contributed by atoms with Crippen molar-refractivity contribution in [2.24, 2.45) is 0 Å². The van der Waals surface area contributed by atoms with Crippen molar-refractivity contribution < 1.29 is 33.0 Å². The predicted octanol–water partition coefficient (Wildman–Crippen LogP) is 1.21. The molecule has 0 radical (unpaired) electrons. The largest absolute Gasteiger partial charge is 0.463 e. The molecule has 26 heavy (non-hydrogen) atoms. The number of hydrogen-bond donors (Lipinski definition) is 2. The second kappa shape index (κ2) is 8.94. The van der Waals surface area contributed by atoms with E-state index >= 15 is 0 Å². The van der Waals surface area contributed by atoms with E-state index in [9.17, 15) is 14.7 Å². The molecule has 10 heteroatoms. The molecular formula is C16H33NO7Si2. The number of hydrogen-bond acceptors (Lipinski definition) is 7. The Morgan fingerprint density at radius 1 is 1.00 bits per heavy atom. The van der Waals surface area contributed by atoms with Gasteiger partial charge in [0.25, 0.3) is 0 Å². The van der Waals surface area contributed by atoms with Crippen molar-refractivity contribution in [3.8, 4) is 0 Å². The van der Waals surface area contributed by atoms with Gasteiger partial charge in [-0.1, -0.05) is 0 Å². The van der Waals surface area contributed by atoms with E-state index in [2.05, 4.69) is 5.32 Å². The van der Waals surface area contributed by atoms with Gasteiger partial charge in [0, 0.05) is 13.8 Å². The van der Waals surface area contributed by atoms with Gasteiger partial charge in [0.15, 0.2) is 22.9 Å². The van der Waals surface area contributed by atoms with Crippen LogP contribution in [0, 0.1) is 0 Å². The van der Waals surface area contributed by atoms with Gasteiger partial charge in [0.05, 0.1) is 6.10 Å². The van der Waals surface area contributed by atoms with Crippen LogP contribution >= 0.6 is 0 Å².